The van der Waals surface area contributed by atoms with Gasteiger partial charge in [-0.15, -0.1) is 0 Å². The summed E-state index contributed by atoms with van der Waals surface area (Å²) in [6, 6.07) is 0.583. The fourth-order valence-electron chi connectivity index (χ4n) is 2.58. The molecule has 0 aromatic heterocycles. The van der Waals surface area contributed by atoms with Gasteiger partial charge in [0.25, 0.3) is 0 Å². The molecule has 0 radical (unpaired) electrons. The van der Waals surface area contributed by atoms with Crippen LogP contribution in [0.25, 0.3) is 0 Å². The van der Waals surface area contributed by atoms with Crippen LogP contribution in [0.2, 0.25) is 0 Å². The predicted octanol–water partition coefficient (Wildman–Crippen LogP) is 1.09. The Morgan fingerprint density at radius 1 is 1.41 bits per heavy atom. The Labute approximate surface area is 105 Å². The third-order valence-corrected chi connectivity index (χ3v) is 3.54. The van der Waals surface area contributed by atoms with E-state index in [1.165, 1.54) is 25.7 Å². The van der Waals surface area contributed by atoms with E-state index in [1.54, 1.807) is 6.92 Å². The second-order valence-corrected chi connectivity index (χ2v) is 6.04. The summed E-state index contributed by atoms with van der Waals surface area (Å²) in [5.41, 5.74) is 10.4. The lowest BCUT2D eigenvalue weighted by molar-refractivity contribution is -0.123. The quantitative estimate of drug-likeness (QED) is 0.731. The number of nitrogens with two attached hydrogens (primary N) is 2. The van der Waals surface area contributed by atoms with Crippen molar-refractivity contribution in [3.63, 3.8) is 0 Å². The molecular weight excluding hydrogens is 214 g/mol. The maximum atomic E-state index is 11.3. The van der Waals surface area contributed by atoms with Gasteiger partial charge in [-0.05, 0) is 25.7 Å². The first-order chi connectivity index (χ1) is 7.83. The summed E-state index contributed by atoms with van der Waals surface area (Å²) in [6.07, 6.45) is 5.03. The first kappa shape index (κ1) is 14.5. The van der Waals surface area contributed by atoms with Crippen LogP contribution in [0.1, 0.15) is 46.5 Å². The SMILES string of the molecule is CC(C)CN(CC(C)(N)C(N)=O)C1CCCC1. The zero-order valence-corrected chi connectivity index (χ0v) is 11.4. The standard InChI is InChI=1S/C13H27N3O/c1-10(2)8-16(11-6-4-5-7-11)9-13(3,15)12(14)17/h10-11H,4-9,15H2,1-3H3,(H2,14,17). The van der Waals surface area contributed by atoms with Crippen molar-refractivity contribution >= 4 is 5.91 Å². The summed E-state index contributed by atoms with van der Waals surface area (Å²) in [5, 5.41) is 0. The molecule has 17 heavy (non-hydrogen) atoms. The highest BCUT2D eigenvalue weighted by molar-refractivity contribution is 5.84. The van der Waals surface area contributed by atoms with Crippen molar-refractivity contribution in [1.29, 1.82) is 0 Å². The molecule has 1 fully saturated rings. The minimum absolute atomic E-state index is 0.413. The lowest BCUT2D eigenvalue weighted by Gasteiger charge is -2.35. The average Bonchev–Trinajstić information content (AvgIpc) is 2.67. The molecule has 0 spiro atoms. The van der Waals surface area contributed by atoms with Crippen molar-refractivity contribution in [2.45, 2.75) is 58.0 Å². The zero-order chi connectivity index (χ0) is 13.1. The smallest absolute Gasteiger partial charge is 0.238 e. The number of rotatable bonds is 6. The van der Waals surface area contributed by atoms with Crippen molar-refractivity contribution in [3.8, 4) is 0 Å². The molecule has 0 saturated heterocycles. The Hall–Kier alpha value is -0.610. The summed E-state index contributed by atoms with van der Waals surface area (Å²) in [5.74, 6) is 0.170. The number of hydrogen-bond acceptors (Lipinski definition) is 3. The number of carbonyl (C=O) groups excluding carboxylic acids is 1. The first-order valence-electron chi connectivity index (χ1n) is 6.66. The molecule has 1 rings (SSSR count). The maximum absolute atomic E-state index is 11.3. The highest BCUT2D eigenvalue weighted by Gasteiger charge is 2.32. The molecule has 0 aromatic rings. The molecule has 4 nitrogen and oxygen atoms in total. The second-order valence-electron chi connectivity index (χ2n) is 6.04. The van der Waals surface area contributed by atoms with Crippen molar-refractivity contribution < 1.29 is 4.79 Å². The molecule has 1 aliphatic carbocycles. The van der Waals surface area contributed by atoms with Crippen LogP contribution < -0.4 is 11.5 Å². The van der Waals surface area contributed by atoms with E-state index in [0.717, 1.165) is 6.54 Å². The van der Waals surface area contributed by atoms with E-state index in [0.29, 0.717) is 18.5 Å². The van der Waals surface area contributed by atoms with Crippen molar-refractivity contribution in [3.05, 3.63) is 0 Å². The van der Waals surface area contributed by atoms with E-state index >= 15 is 0 Å². The maximum Gasteiger partial charge on any atom is 0.238 e. The van der Waals surface area contributed by atoms with E-state index < -0.39 is 11.4 Å². The largest absolute Gasteiger partial charge is 0.368 e. The third kappa shape index (κ3) is 4.28. The minimum atomic E-state index is -0.919. The summed E-state index contributed by atoms with van der Waals surface area (Å²) >= 11 is 0. The normalized spacial score (nSPS) is 21.1. The predicted molar refractivity (Wildman–Crippen MR) is 70.5 cm³/mol. The lowest BCUT2D eigenvalue weighted by atomic mass is 10.00. The van der Waals surface area contributed by atoms with Crippen LogP contribution in [0.5, 0.6) is 0 Å². The molecule has 1 saturated carbocycles. The van der Waals surface area contributed by atoms with Gasteiger partial charge in [0.1, 0.15) is 5.54 Å². The van der Waals surface area contributed by atoms with Crippen LogP contribution in [-0.2, 0) is 4.79 Å². The van der Waals surface area contributed by atoms with Gasteiger partial charge in [0.2, 0.25) is 5.91 Å². The molecule has 1 atom stereocenters. The van der Waals surface area contributed by atoms with Gasteiger partial charge in [-0.25, -0.2) is 0 Å². The first-order valence-corrected chi connectivity index (χ1v) is 6.66. The van der Waals surface area contributed by atoms with E-state index in [2.05, 4.69) is 18.7 Å². The van der Waals surface area contributed by atoms with Crippen LogP contribution in [0.3, 0.4) is 0 Å². The lowest BCUT2D eigenvalue weighted by Crippen LogP contribution is -2.58. The van der Waals surface area contributed by atoms with Crippen LogP contribution >= 0.6 is 0 Å². The Morgan fingerprint density at radius 2 is 1.94 bits per heavy atom. The monoisotopic (exact) mass is 241 g/mol. The van der Waals surface area contributed by atoms with Gasteiger partial charge in [-0.2, -0.15) is 0 Å². The molecule has 0 aromatic carbocycles. The Kier molecular flexibility index (Phi) is 4.95. The second kappa shape index (κ2) is 5.83. The van der Waals surface area contributed by atoms with Crippen LogP contribution in [0, 0.1) is 5.92 Å². The summed E-state index contributed by atoms with van der Waals surface area (Å²) in [6.45, 7) is 7.69. The molecule has 1 amide bonds. The topological polar surface area (TPSA) is 72.3 Å². The average molecular weight is 241 g/mol. The van der Waals surface area contributed by atoms with Crippen molar-refractivity contribution in [2.75, 3.05) is 13.1 Å². The van der Waals surface area contributed by atoms with Gasteiger partial charge in [0.15, 0.2) is 0 Å². The van der Waals surface area contributed by atoms with Gasteiger partial charge in [-0.1, -0.05) is 26.7 Å². The number of nitrogens with zero attached hydrogens (tertiary/aromatic N) is 1. The van der Waals surface area contributed by atoms with Crippen LogP contribution in [0.15, 0.2) is 0 Å². The molecule has 4 N–H and O–H groups in total. The fraction of sp³-hybridized carbons (Fsp3) is 0.923. The third-order valence-electron chi connectivity index (χ3n) is 3.54. The van der Waals surface area contributed by atoms with Gasteiger partial charge >= 0.3 is 0 Å². The number of primary amides is 1. The molecule has 0 heterocycles. The summed E-state index contributed by atoms with van der Waals surface area (Å²) in [7, 11) is 0. The number of amides is 1. The van der Waals surface area contributed by atoms with E-state index in [-0.39, 0.29) is 0 Å². The van der Waals surface area contributed by atoms with Gasteiger partial charge in [-0.3, -0.25) is 9.69 Å². The van der Waals surface area contributed by atoms with E-state index in [1.807, 2.05) is 0 Å². The minimum Gasteiger partial charge on any atom is -0.368 e. The molecule has 1 aliphatic rings. The molecule has 4 heteroatoms. The highest BCUT2D eigenvalue weighted by Crippen LogP contribution is 2.25. The van der Waals surface area contributed by atoms with Crippen molar-refractivity contribution in [2.24, 2.45) is 17.4 Å². The van der Waals surface area contributed by atoms with Crippen molar-refractivity contribution in [1.82, 2.24) is 4.90 Å². The van der Waals surface area contributed by atoms with Crippen LogP contribution in [0.4, 0.5) is 0 Å². The molecule has 1 unspecified atom stereocenters. The number of carbonyl (C=O) groups is 1. The van der Waals surface area contributed by atoms with Crippen LogP contribution in [-0.4, -0.2) is 35.5 Å². The Morgan fingerprint density at radius 3 is 2.35 bits per heavy atom. The Bertz CT molecular complexity index is 257. The Balaban J connectivity index is 2.65. The molecular formula is C13H27N3O. The zero-order valence-electron chi connectivity index (χ0n) is 11.4. The summed E-state index contributed by atoms with van der Waals surface area (Å²) < 4.78 is 0. The highest BCUT2D eigenvalue weighted by atomic mass is 16.1. The fourth-order valence-corrected chi connectivity index (χ4v) is 2.58. The molecule has 0 aliphatic heterocycles. The van der Waals surface area contributed by atoms with Gasteiger partial charge in [0.05, 0.1) is 0 Å². The molecule has 0 bridgehead atoms. The number of hydrogen-bond donors (Lipinski definition) is 2. The van der Waals surface area contributed by atoms with E-state index in [4.69, 9.17) is 11.5 Å². The summed E-state index contributed by atoms with van der Waals surface area (Å²) in [4.78, 5) is 13.7. The van der Waals surface area contributed by atoms with Gasteiger partial charge in [0, 0.05) is 19.1 Å². The molecule has 100 valence electrons. The van der Waals surface area contributed by atoms with E-state index in [9.17, 15) is 4.79 Å². The van der Waals surface area contributed by atoms with Gasteiger partial charge < -0.3 is 11.5 Å².